The number of rotatable bonds is 7. The molecule has 35 heavy (non-hydrogen) atoms. The lowest BCUT2D eigenvalue weighted by atomic mass is 9.94. The molecule has 0 aromatic heterocycles. The van der Waals surface area contributed by atoms with Crippen LogP contribution >= 0.6 is 0 Å². The molecule has 0 aliphatic rings. The van der Waals surface area contributed by atoms with E-state index in [1.165, 1.54) is 37.4 Å². The number of carbonyl (C=O) groups is 2. The Hall–Kier alpha value is -3.21. The average molecular weight is 506 g/mol. The van der Waals surface area contributed by atoms with E-state index in [0.717, 1.165) is 23.3 Å². The minimum Gasteiger partial charge on any atom is -0.346 e. The lowest BCUT2D eigenvalue weighted by Crippen LogP contribution is -2.38. The molecule has 0 aliphatic heterocycles. The van der Waals surface area contributed by atoms with E-state index in [9.17, 15) is 40.3 Å². The summed E-state index contributed by atoms with van der Waals surface area (Å²) >= 11 is 0. The number of amides is 1. The fourth-order valence-electron chi connectivity index (χ4n) is 2.97. The van der Waals surface area contributed by atoms with E-state index in [4.69, 9.17) is 0 Å². The maximum Gasteiger partial charge on any atom is 0.405 e. The van der Waals surface area contributed by atoms with E-state index >= 15 is 0 Å². The van der Waals surface area contributed by atoms with Crippen LogP contribution in [-0.4, -0.2) is 44.7 Å². The first-order valence-corrected chi connectivity index (χ1v) is 10.2. The van der Waals surface area contributed by atoms with Gasteiger partial charge in [-0.3, -0.25) is 9.59 Å². The normalized spacial score (nSPS) is 12.6. The third kappa shape index (κ3) is 11.2. The second-order valence-corrected chi connectivity index (χ2v) is 7.62. The number of allylic oxidation sites excluding steroid dienone is 1. The first-order valence-electron chi connectivity index (χ1n) is 10.2. The molecule has 0 fully saturated rings. The van der Waals surface area contributed by atoms with Gasteiger partial charge in [0.25, 0.3) is 0 Å². The average Bonchev–Trinajstić information content (AvgIpc) is 2.71. The Labute approximate surface area is 198 Å². The predicted molar refractivity (Wildman–Crippen MR) is 119 cm³/mol. The van der Waals surface area contributed by atoms with Crippen molar-refractivity contribution in [2.75, 3.05) is 20.1 Å². The van der Waals surface area contributed by atoms with Gasteiger partial charge in [-0.1, -0.05) is 47.5 Å². The van der Waals surface area contributed by atoms with Crippen molar-refractivity contribution in [1.29, 1.82) is 0 Å². The highest BCUT2D eigenvalue weighted by atomic mass is 19.4. The molecule has 4 nitrogen and oxygen atoms in total. The van der Waals surface area contributed by atoms with Gasteiger partial charge in [0.15, 0.2) is 6.29 Å². The number of aryl methyl sites for hydroxylation is 2. The zero-order valence-corrected chi connectivity index (χ0v) is 19.1. The van der Waals surface area contributed by atoms with Crippen LogP contribution in [0.1, 0.15) is 38.5 Å². The number of halogens is 7. The van der Waals surface area contributed by atoms with Gasteiger partial charge in [-0.15, -0.1) is 0 Å². The largest absolute Gasteiger partial charge is 0.405 e. The van der Waals surface area contributed by atoms with Gasteiger partial charge in [-0.2, -0.15) is 26.3 Å². The zero-order chi connectivity index (χ0) is 26.8. The van der Waals surface area contributed by atoms with Crippen LogP contribution in [0.25, 0.3) is 6.08 Å². The van der Waals surface area contributed by atoms with E-state index in [-0.39, 0.29) is 23.2 Å². The first-order chi connectivity index (χ1) is 16.2. The lowest BCUT2D eigenvalue weighted by Gasteiger charge is -2.18. The molecule has 2 aromatic rings. The van der Waals surface area contributed by atoms with Gasteiger partial charge in [-0.05, 0) is 44.2 Å². The predicted octanol–water partition coefficient (Wildman–Crippen LogP) is 5.50. The van der Waals surface area contributed by atoms with Crippen LogP contribution in [0.5, 0.6) is 0 Å². The van der Waals surface area contributed by atoms with E-state index < -0.39 is 36.5 Å². The summed E-state index contributed by atoms with van der Waals surface area (Å²) in [4.78, 5) is 21.0. The van der Waals surface area contributed by atoms with Crippen molar-refractivity contribution < 1.29 is 40.3 Å². The van der Waals surface area contributed by atoms with Gasteiger partial charge < -0.3 is 10.6 Å². The molecule has 1 unspecified atom stereocenters. The maximum absolute atomic E-state index is 13.6. The molecule has 0 saturated heterocycles. The Morgan fingerprint density at radius 3 is 2.06 bits per heavy atom. The summed E-state index contributed by atoms with van der Waals surface area (Å²) in [6.07, 6.45) is -6.21. The molecule has 0 bridgehead atoms. The van der Waals surface area contributed by atoms with Crippen LogP contribution in [0.4, 0.5) is 30.7 Å². The van der Waals surface area contributed by atoms with E-state index in [1.807, 2.05) is 0 Å². The minimum atomic E-state index is -4.46. The fraction of sp³-hybridized carbons (Fsp3) is 0.333. The number of carbonyl (C=O) groups excluding carboxylic acids is 2. The molecule has 1 atom stereocenters. The molecule has 2 rings (SSSR count). The summed E-state index contributed by atoms with van der Waals surface area (Å²) in [5.74, 6) is -3.21. The topological polar surface area (TPSA) is 58.2 Å². The zero-order valence-electron chi connectivity index (χ0n) is 19.1. The number of benzene rings is 2. The molecule has 0 radical (unpaired) electrons. The minimum absolute atomic E-state index is 0.101. The molecule has 0 spiro atoms. The molecule has 2 N–H and O–H groups in total. The first kappa shape index (κ1) is 29.8. The number of aldehydes is 1. The quantitative estimate of drug-likeness (QED) is 0.385. The SMILES string of the molecule is CNCC(=O)NCC(F)(F)F.Cc1cc(C)cc(C(/C=C/c2ccc(C=O)c(F)c2)C(F)(F)F)c1. The Morgan fingerprint density at radius 2 is 1.60 bits per heavy atom. The number of hydrogen-bond acceptors (Lipinski definition) is 3. The number of alkyl halides is 6. The van der Waals surface area contributed by atoms with E-state index in [2.05, 4.69) is 5.32 Å². The van der Waals surface area contributed by atoms with Gasteiger partial charge in [0, 0.05) is 0 Å². The van der Waals surface area contributed by atoms with Crippen LogP contribution in [0.3, 0.4) is 0 Å². The summed E-state index contributed by atoms with van der Waals surface area (Å²) in [7, 11) is 1.48. The molecule has 192 valence electrons. The third-order valence-electron chi connectivity index (χ3n) is 4.41. The van der Waals surface area contributed by atoms with Crippen molar-refractivity contribution in [2.24, 2.45) is 0 Å². The molecule has 2 aromatic carbocycles. The molecule has 0 aliphatic carbocycles. The monoisotopic (exact) mass is 506 g/mol. The van der Waals surface area contributed by atoms with Crippen molar-refractivity contribution in [3.05, 3.63) is 76.1 Å². The van der Waals surface area contributed by atoms with Crippen molar-refractivity contribution in [3.63, 3.8) is 0 Å². The highest BCUT2D eigenvalue weighted by Gasteiger charge is 2.39. The van der Waals surface area contributed by atoms with Crippen LogP contribution in [0.2, 0.25) is 0 Å². The van der Waals surface area contributed by atoms with Gasteiger partial charge >= 0.3 is 12.4 Å². The fourth-order valence-corrected chi connectivity index (χ4v) is 2.97. The summed E-state index contributed by atoms with van der Waals surface area (Å²) in [5, 5.41) is 4.12. The van der Waals surface area contributed by atoms with Crippen molar-refractivity contribution in [1.82, 2.24) is 10.6 Å². The molecule has 0 saturated carbocycles. The summed E-state index contributed by atoms with van der Waals surface area (Å²) in [5.41, 5.74) is 1.76. The molecular weight excluding hydrogens is 481 g/mol. The summed E-state index contributed by atoms with van der Waals surface area (Å²) in [6.45, 7) is 2.10. The molecule has 11 heteroatoms. The number of likely N-dealkylation sites (N-methyl/N-ethyl adjacent to an activating group) is 1. The van der Waals surface area contributed by atoms with Crippen LogP contribution in [-0.2, 0) is 4.79 Å². The summed E-state index contributed by atoms with van der Waals surface area (Å²) in [6, 6.07) is 8.46. The van der Waals surface area contributed by atoms with Gasteiger partial charge in [0.05, 0.1) is 18.0 Å². The number of nitrogens with one attached hydrogen (secondary N) is 2. The Bertz CT molecular complexity index is 1010. The second kappa shape index (κ2) is 13.0. The molecule has 1 amide bonds. The maximum atomic E-state index is 13.6. The van der Waals surface area contributed by atoms with Crippen LogP contribution in [0, 0.1) is 19.7 Å². The highest BCUT2D eigenvalue weighted by molar-refractivity contribution is 5.78. The van der Waals surface area contributed by atoms with Gasteiger partial charge in [0.1, 0.15) is 12.4 Å². The Morgan fingerprint density at radius 1 is 1.00 bits per heavy atom. The number of hydrogen-bond donors (Lipinski definition) is 2. The van der Waals surface area contributed by atoms with Crippen molar-refractivity contribution in [2.45, 2.75) is 32.1 Å². The van der Waals surface area contributed by atoms with E-state index in [1.54, 1.807) is 25.2 Å². The second-order valence-electron chi connectivity index (χ2n) is 7.62. The molecular formula is C24H25F7N2O2. The van der Waals surface area contributed by atoms with Crippen LogP contribution < -0.4 is 10.6 Å². The third-order valence-corrected chi connectivity index (χ3v) is 4.41. The lowest BCUT2D eigenvalue weighted by molar-refractivity contribution is -0.139. The standard InChI is InChI=1S/C19H16F4O.C5H9F3N2O/c1-12-7-13(2)9-16(8-12)17(19(21,22)23)6-4-14-3-5-15(11-24)18(20)10-14;1-9-2-4(11)10-3-5(6,7)8/h3-11,17H,1-2H3;9H,2-3H2,1H3,(H,10,11)/b6-4+;. The smallest absolute Gasteiger partial charge is 0.346 e. The molecule has 0 heterocycles. The van der Waals surface area contributed by atoms with Gasteiger partial charge in [-0.25, -0.2) is 4.39 Å². The van der Waals surface area contributed by atoms with E-state index in [0.29, 0.717) is 6.29 Å². The Balaban J connectivity index is 0.000000471. The highest BCUT2D eigenvalue weighted by Crippen LogP contribution is 2.37. The van der Waals surface area contributed by atoms with Crippen molar-refractivity contribution >= 4 is 18.3 Å². The Kier molecular flexibility index (Phi) is 11.1. The van der Waals surface area contributed by atoms with Crippen LogP contribution in [0.15, 0.2) is 42.5 Å². The van der Waals surface area contributed by atoms with Gasteiger partial charge in [0.2, 0.25) is 5.91 Å². The van der Waals surface area contributed by atoms with Crippen molar-refractivity contribution in [3.8, 4) is 0 Å². The summed E-state index contributed by atoms with van der Waals surface area (Å²) < 4.78 is 88.0.